The highest BCUT2D eigenvalue weighted by Crippen LogP contribution is 2.40. The maximum absolute atomic E-state index is 6.03. The average molecular weight is 452 g/mol. The molecule has 0 bridgehead atoms. The lowest BCUT2D eigenvalue weighted by atomic mass is 9.87. The first-order valence-electron chi connectivity index (χ1n) is 11.6. The van der Waals surface area contributed by atoms with Gasteiger partial charge in [-0.05, 0) is 77.2 Å². The Bertz CT molecular complexity index is 1220. The minimum absolute atomic E-state index is 0.103. The van der Waals surface area contributed by atoms with Crippen LogP contribution in [0.5, 0.6) is 17.2 Å². The summed E-state index contributed by atoms with van der Waals surface area (Å²) in [7, 11) is 3.42. The predicted molar refractivity (Wildman–Crippen MR) is 136 cm³/mol. The fraction of sp³-hybridized carbons (Fsp3) is 0.200. The van der Waals surface area contributed by atoms with Gasteiger partial charge >= 0.3 is 0 Å². The topological polar surface area (TPSA) is 30.9 Å². The Morgan fingerprint density at radius 2 is 1.41 bits per heavy atom. The molecule has 34 heavy (non-hydrogen) atoms. The summed E-state index contributed by atoms with van der Waals surface area (Å²) in [6, 6.07) is 33.6. The largest absolute Gasteiger partial charge is 0.497 e. The summed E-state index contributed by atoms with van der Waals surface area (Å²) in [5.41, 5.74) is 6.21. The number of hydrogen-bond acceptors (Lipinski definition) is 4. The normalized spacial score (nSPS) is 14.9. The van der Waals surface area contributed by atoms with E-state index in [1.807, 2.05) is 30.3 Å². The SMILES string of the molecule is COc1ccc(N2CCc3cc(OC)ccc3C2c2ccc(OCc3ccccc3)cc2)cc1. The van der Waals surface area contributed by atoms with Gasteiger partial charge in [0, 0.05) is 12.2 Å². The molecular formula is C30H29NO3. The zero-order valence-corrected chi connectivity index (χ0v) is 19.6. The molecule has 4 aromatic rings. The van der Waals surface area contributed by atoms with Gasteiger partial charge in [0.2, 0.25) is 0 Å². The quantitative estimate of drug-likeness (QED) is 0.324. The molecule has 0 saturated carbocycles. The van der Waals surface area contributed by atoms with Crippen molar-refractivity contribution in [3.8, 4) is 17.2 Å². The molecule has 172 valence electrons. The summed E-state index contributed by atoms with van der Waals surface area (Å²) in [6.45, 7) is 1.48. The van der Waals surface area contributed by atoms with E-state index in [4.69, 9.17) is 14.2 Å². The smallest absolute Gasteiger partial charge is 0.119 e. The van der Waals surface area contributed by atoms with Crippen molar-refractivity contribution in [2.24, 2.45) is 0 Å². The summed E-state index contributed by atoms with van der Waals surface area (Å²) in [6.07, 6.45) is 0.966. The molecule has 0 amide bonds. The number of nitrogens with zero attached hydrogens (tertiary/aromatic N) is 1. The van der Waals surface area contributed by atoms with E-state index in [0.29, 0.717) is 6.61 Å². The summed E-state index contributed by atoms with van der Waals surface area (Å²) in [5, 5.41) is 0. The molecule has 4 nitrogen and oxygen atoms in total. The predicted octanol–water partition coefficient (Wildman–Crippen LogP) is 6.43. The van der Waals surface area contributed by atoms with Crippen molar-refractivity contribution < 1.29 is 14.2 Å². The Hall–Kier alpha value is -3.92. The van der Waals surface area contributed by atoms with Crippen LogP contribution in [0.25, 0.3) is 0 Å². The van der Waals surface area contributed by atoms with Crippen molar-refractivity contribution in [3.05, 3.63) is 119 Å². The molecule has 0 saturated heterocycles. The fourth-order valence-electron chi connectivity index (χ4n) is 4.63. The minimum Gasteiger partial charge on any atom is -0.497 e. The second kappa shape index (κ2) is 9.92. The van der Waals surface area contributed by atoms with E-state index in [9.17, 15) is 0 Å². The number of methoxy groups -OCH3 is 2. The van der Waals surface area contributed by atoms with E-state index in [0.717, 1.165) is 35.8 Å². The zero-order chi connectivity index (χ0) is 23.3. The van der Waals surface area contributed by atoms with Crippen molar-refractivity contribution in [2.45, 2.75) is 19.1 Å². The molecule has 0 fully saturated rings. The van der Waals surface area contributed by atoms with Crippen molar-refractivity contribution >= 4 is 5.69 Å². The summed E-state index contributed by atoms with van der Waals surface area (Å²) in [4.78, 5) is 2.47. The van der Waals surface area contributed by atoms with Gasteiger partial charge in [0.15, 0.2) is 0 Å². The maximum atomic E-state index is 6.03. The number of ether oxygens (including phenoxy) is 3. The van der Waals surface area contributed by atoms with Gasteiger partial charge in [-0.3, -0.25) is 0 Å². The number of rotatable bonds is 7. The van der Waals surface area contributed by atoms with E-state index in [1.165, 1.54) is 22.4 Å². The van der Waals surface area contributed by atoms with Gasteiger partial charge in [-0.15, -0.1) is 0 Å². The zero-order valence-electron chi connectivity index (χ0n) is 19.6. The van der Waals surface area contributed by atoms with Crippen molar-refractivity contribution in [1.82, 2.24) is 0 Å². The van der Waals surface area contributed by atoms with Crippen LogP contribution in [0.4, 0.5) is 5.69 Å². The van der Waals surface area contributed by atoms with Gasteiger partial charge in [-0.2, -0.15) is 0 Å². The standard InChI is InChI=1S/C30H29NO3/c1-32-26-14-10-25(11-15-26)31-19-18-24-20-28(33-2)16-17-29(24)30(31)23-8-12-27(13-9-23)34-21-22-6-4-3-5-7-22/h3-17,20,30H,18-19,21H2,1-2H3. The van der Waals surface area contributed by atoms with Gasteiger partial charge in [-0.25, -0.2) is 0 Å². The summed E-state index contributed by atoms with van der Waals surface area (Å²) in [5.74, 6) is 2.64. The van der Waals surface area contributed by atoms with E-state index in [1.54, 1.807) is 14.2 Å². The van der Waals surface area contributed by atoms with Crippen LogP contribution in [0.15, 0.2) is 97.1 Å². The van der Waals surface area contributed by atoms with Crippen LogP contribution in [0.3, 0.4) is 0 Å². The van der Waals surface area contributed by atoms with Gasteiger partial charge in [-0.1, -0.05) is 48.5 Å². The molecule has 1 heterocycles. The second-order valence-corrected chi connectivity index (χ2v) is 8.45. The van der Waals surface area contributed by atoms with Crippen molar-refractivity contribution in [3.63, 3.8) is 0 Å². The van der Waals surface area contributed by atoms with Crippen LogP contribution in [-0.2, 0) is 13.0 Å². The molecule has 4 heteroatoms. The molecule has 0 radical (unpaired) electrons. The van der Waals surface area contributed by atoms with E-state index >= 15 is 0 Å². The third-order valence-corrected chi connectivity index (χ3v) is 6.43. The second-order valence-electron chi connectivity index (χ2n) is 8.45. The Morgan fingerprint density at radius 1 is 0.735 bits per heavy atom. The third kappa shape index (κ3) is 4.58. The Labute approximate surface area is 201 Å². The molecule has 1 atom stereocenters. The van der Waals surface area contributed by atoms with Crippen LogP contribution in [0.1, 0.15) is 28.3 Å². The van der Waals surface area contributed by atoms with E-state index in [-0.39, 0.29) is 6.04 Å². The lowest BCUT2D eigenvalue weighted by Gasteiger charge is -2.39. The third-order valence-electron chi connectivity index (χ3n) is 6.43. The first kappa shape index (κ1) is 21.9. The molecule has 1 aliphatic rings. The van der Waals surface area contributed by atoms with Gasteiger partial charge < -0.3 is 19.1 Å². The lowest BCUT2D eigenvalue weighted by molar-refractivity contribution is 0.306. The maximum Gasteiger partial charge on any atom is 0.119 e. The first-order valence-corrected chi connectivity index (χ1v) is 11.6. The van der Waals surface area contributed by atoms with Crippen LogP contribution in [0, 0.1) is 0 Å². The van der Waals surface area contributed by atoms with E-state index < -0.39 is 0 Å². The molecule has 0 N–H and O–H groups in total. The highest BCUT2D eigenvalue weighted by atomic mass is 16.5. The number of benzene rings is 4. The highest BCUT2D eigenvalue weighted by Gasteiger charge is 2.29. The molecule has 0 aromatic heterocycles. The molecule has 4 aromatic carbocycles. The fourth-order valence-corrected chi connectivity index (χ4v) is 4.63. The summed E-state index contributed by atoms with van der Waals surface area (Å²) >= 11 is 0. The number of hydrogen-bond donors (Lipinski definition) is 0. The molecule has 0 aliphatic carbocycles. The molecule has 1 aliphatic heterocycles. The van der Waals surface area contributed by atoms with Crippen LogP contribution in [-0.4, -0.2) is 20.8 Å². The Balaban J connectivity index is 1.45. The van der Waals surface area contributed by atoms with Crippen LogP contribution in [0.2, 0.25) is 0 Å². The first-order chi connectivity index (χ1) is 16.7. The average Bonchev–Trinajstić information content (AvgIpc) is 2.92. The van der Waals surface area contributed by atoms with Gasteiger partial charge in [0.25, 0.3) is 0 Å². The number of anilines is 1. The highest BCUT2D eigenvalue weighted by molar-refractivity contribution is 5.58. The Kier molecular flexibility index (Phi) is 6.39. The molecule has 5 rings (SSSR count). The van der Waals surface area contributed by atoms with Crippen molar-refractivity contribution in [2.75, 3.05) is 25.7 Å². The Morgan fingerprint density at radius 3 is 2.12 bits per heavy atom. The van der Waals surface area contributed by atoms with Crippen LogP contribution >= 0.6 is 0 Å². The van der Waals surface area contributed by atoms with Gasteiger partial charge in [0.05, 0.1) is 20.3 Å². The molecule has 1 unspecified atom stereocenters. The minimum atomic E-state index is 0.103. The molecule has 0 spiro atoms. The van der Waals surface area contributed by atoms with E-state index in [2.05, 4.69) is 71.6 Å². The number of fused-ring (bicyclic) bond motifs is 1. The monoisotopic (exact) mass is 451 g/mol. The van der Waals surface area contributed by atoms with Crippen LogP contribution < -0.4 is 19.1 Å². The van der Waals surface area contributed by atoms with Gasteiger partial charge in [0.1, 0.15) is 23.9 Å². The summed E-state index contributed by atoms with van der Waals surface area (Å²) < 4.78 is 16.9. The lowest BCUT2D eigenvalue weighted by Crippen LogP contribution is -2.36. The van der Waals surface area contributed by atoms with Crippen molar-refractivity contribution in [1.29, 1.82) is 0 Å². The molecular weight excluding hydrogens is 422 g/mol.